The summed E-state index contributed by atoms with van der Waals surface area (Å²) in [6.45, 7) is 3.57. The third kappa shape index (κ3) is 5.04. The van der Waals surface area contributed by atoms with Crippen LogP contribution in [0.25, 0.3) is 0 Å². The number of isocyanates is 1. The van der Waals surface area contributed by atoms with Crippen molar-refractivity contribution in [2.24, 2.45) is 4.99 Å². The molecule has 7 heteroatoms. The first-order valence-electron chi connectivity index (χ1n) is 4.06. The average molecular weight is 221 g/mol. The Bertz CT molecular complexity index is 274. The Labute approximate surface area is 81.8 Å². The zero-order chi connectivity index (χ0) is 11.0. The van der Waals surface area contributed by atoms with Crippen LogP contribution in [0.15, 0.2) is 4.99 Å². The van der Waals surface area contributed by atoms with E-state index in [4.69, 9.17) is 9.05 Å². The maximum atomic E-state index is 11.6. The standard InChI is InChI=1S/C7H12NO5P/c1-3-12-14(11,13-4-2)5-7(10)8-6-9/h3-5H2,1-2H3. The van der Waals surface area contributed by atoms with Crippen molar-refractivity contribution in [1.82, 2.24) is 0 Å². The number of carbonyl (C=O) groups is 1. The lowest BCUT2D eigenvalue weighted by molar-refractivity contribution is -0.115. The molecule has 0 heterocycles. The smallest absolute Gasteiger partial charge is 0.309 e. The molecule has 0 atom stereocenters. The Morgan fingerprint density at radius 1 is 1.36 bits per heavy atom. The van der Waals surface area contributed by atoms with E-state index >= 15 is 0 Å². The van der Waals surface area contributed by atoms with Gasteiger partial charge in [-0.2, -0.15) is 0 Å². The van der Waals surface area contributed by atoms with Crippen LogP contribution in [0.4, 0.5) is 0 Å². The molecule has 0 radical (unpaired) electrons. The predicted octanol–water partition coefficient (Wildman–Crippen LogP) is 1.11. The van der Waals surface area contributed by atoms with Crippen molar-refractivity contribution >= 4 is 19.6 Å². The Balaban J connectivity index is 4.43. The van der Waals surface area contributed by atoms with Gasteiger partial charge in [0.05, 0.1) is 13.2 Å². The lowest BCUT2D eigenvalue weighted by atomic mass is 10.7. The first kappa shape index (κ1) is 13.2. The van der Waals surface area contributed by atoms with Gasteiger partial charge >= 0.3 is 7.60 Å². The third-order valence-electron chi connectivity index (χ3n) is 1.15. The van der Waals surface area contributed by atoms with Crippen LogP contribution in [-0.2, 0) is 23.2 Å². The number of amides is 1. The average Bonchev–Trinajstić information content (AvgIpc) is 2.04. The van der Waals surface area contributed by atoms with Gasteiger partial charge in [0.25, 0.3) is 5.91 Å². The fourth-order valence-electron chi connectivity index (χ4n) is 0.774. The summed E-state index contributed by atoms with van der Waals surface area (Å²) >= 11 is 0. The van der Waals surface area contributed by atoms with Crippen LogP contribution in [0.2, 0.25) is 0 Å². The van der Waals surface area contributed by atoms with Gasteiger partial charge in [-0.1, -0.05) is 0 Å². The highest BCUT2D eigenvalue weighted by Crippen LogP contribution is 2.47. The van der Waals surface area contributed by atoms with E-state index in [9.17, 15) is 14.2 Å². The van der Waals surface area contributed by atoms with Crippen molar-refractivity contribution in [3.05, 3.63) is 0 Å². The molecule has 0 saturated heterocycles. The lowest BCUT2D eigenvalue weighted by Crippen LogP contribution is -2.07. The van der Waals surface area contributed by atoms with E-state index < -0.39 is 19.7 Å². The molecule has 0 aromatic heterocycles. The quantitative estimate of drug-likeness (QED) is 0.381. The van der Waals surface area contributed by atoms with Gasteiger partial charge in [-0.15, -0.1) is 4.99 Å². The van der Waals surface area contributed by atoms with E-state index in [2.05, 4.69) is 4.99 Å². The van der Waals surface area contributed by atoms with Gasteiger partial charge in [-0.3, -0.25) is 9.36 Å². The number of nitrogens with zero attached hydrogens (tertiary/aromatic N) is 1. The second-order valence-corrected chi connectivity index (χ2v) is 4.26. The Kier molecular flexibility index (Phi) is 6.25. The molecule has 80 valence electrons. The molecule has 0 rings (SSSR count). The summed E-state index contributed by atoms with van der Waals surface area (Å²) in [6, 6.07) is 0. The minimum atomic E-state index is -3.43. The highest BCUT2D eigenvalue weighted by molar-refractivity contribution is 7.54. The summed E-state index contributed by atoms with van der Waals surface area (Å²) in [5.74, 6) is -0.856. The fourth-order valence-corrected chi connectivity index (χ4v) is 2.22. The summed E-state index contributed by atoms with van der Waals surface area (Å²) in [5, 5.41) is 0. The molecule has 0 aromatic carbocycles. The van der Waals surface area contributed by atoms with E-state index in [0.717, 1.165) is 6.08 Å². The molecule has 0 aliphatic carbocycles. The van der Waals surface area contributed by atoms with Crippen molar-refractivity contribution in [2.75, 3.05) is 19.4 Å². The topological polar surface area (TPSA) is 82.0 Å². The van der Waals surface area contributed by atoms with Crippen LogP contribution >= 0.6 is 7.60 Å². The molecule has 0 fully saturated rings. The van der Waals surface area contributed by atoms with Gasteiger partial charge in [0, 0.05) is 0 Å². The molecular weight excluding hydrogens is 209 g/mol. The first-order valence-corrected chi connectivity index (χ1v) is 5.79. The van der Waals surface area contributed by atoms with Crippen molar-refractivity contribution in [3.8, 4) is 0 Å². The molecule has 0 saturated carbocycles. The molecule has 0 aliphatic heterocycles. The molecule has 1 amide bonds. The van der Waals surface area contributed by atoms with Gasteiger partial charge in [0.15, 0.2) is 0 Å². The van der Waals surface area contributed by atoms with Crippen LogP contribution in [0, 0.1) is 0 Å². The predicted molar refractivity (Wildman–Crippen MR) is 48.9 cm³/mol. The Morgan fingerprint density at radius 3 is 2.21 bits per heavy atom. The summed E-state index contributed by atoms with van der Waals surface area (Å²) in [6.07, 6.45) is 0.544. The van der Waals surface area contributed by atoms with E-state index in [0.29, 0.717) is 0 Å². The van der Waals surface area contributed by atoms with Crippen LogP contribution in [0.3, 0.4) is 0 Å². The van der Waals surface area contributed by atoms with Gasteiger partial charge in [-0.25, -0.2) is 4.79 Å². The fraction of sp³-hybridized carbons (Fsp3) is 0.714. The number of hydrogen-bond acceptors (Lipinski definition) is 5. The van der Waals surface area contributed by atoms with Crippen LogP contribution in [-0.4, -0.2) is 31.4 Å². The molecule has 0 unspecified atom stereocenters. The number of carbonyl (C=O) groups excluding carboxylic acids is 2. The molecule has 6 nitrogen and oxygen atoms in total. The molecule has 0 aromatic rings. The van der Waals surface area contributed by atoms with Gasteiger partial charge in [0.1, 0.15) is 6.16 Å². The van der Waals surface area contributed by atoms with Crippen LogP contribution < -0.4 is 0 Å². The molecule has 0 spiro atoms. The molecular formula is C7H12NO5P. The van der Waals surface area contributed by atoms with Crippen LogP contribution in [0.5, 0.6) is 0 Å². The second kappa shape index (κ2) is 6.62. The van der Waals surface area contributed by atoms with E-state index in [1.54, 1.807) is 13.8 Å². The van der Waals surface area contributed by atoms with Crippen molar-refractivity contribution in [3.63, 3.8) is 0 Å². The van der Waals surface area contributed by atoms with Gasteiger partial charge < -0.3 is 9.05 Å². The normalized spacial score (nSPS) is 10.7. The van der Waals surface area contributed by atoms with Crippen molar-refractivity contribution in [2.45, 2.75) is 13.8 Å². The minimum Gasteiger partial charge on any atom is -0.309 e. The zero-order valence-electron chi connectivity index (χ0n) is 8.06. The van der Waals surface area contributed by atoms with E-state index in [-0.39, 0.29) is 13.2 Å². The highest BCUT2D eigenvalue weighted by Gasteiger charge is 2.27. The number of rotatable bonds is 6. The SMILES string of the molecule is CCOP(=O)(CC(=O)N=C=O)OCC. The van der Waals surface area contributed by atoms with E-state index in [1.807, 2.05) is 0 Å². The summed E-state index contributed by atoms with van der Waals surface area (Å²) in [4.78, 5) is 23.4. The second-order valence-electron chi connectivity index (χ2n) is 2.20. The summed E-state index contributed by atoms with van der Waals surface area (Å²) in [5.41, 5.74) is 0. The lowest BCUT2D eigenvalue weighted by Gasteiger charge is -2.14. The number of hydrogen-bond donors (Lipinski definition) is 0. The highest BCUT2D eigenvalue weighted by atomic mass is 31.2. The molecule has 0 bridgehead atoms. The van der Waals surface area contributed by atoms with E-state index in [1.165, 1.54) is 0 Å². The largest absolute Gasteiger partial charge is 0.340 e. The molecule has 0 aliphatic rings. The number of aliphatic imine (C=N–C) groups is 1. The van der Waals surface area contributed by atoms with Crippen molar-refractivity contribution < 1.29 is 23.2 Å². The Hall–Kier alpha value is -0.800. The minimum absolute atomic E-state index is 0.162. The molecule has 0 N–H and O–H groups in total. The van der Waals surface area contributed by atoms with Crippen molar-refractivity contribution in [1.29, 1.82) is 0 Å². The summed E-state index contributed by atoms with van der Waals surface area (Å²) in [7, 11) is -3.43. The maximum absolute atomic E-state index is 11.6. The third-order valence-corrected chi connectivity index (χ3v) is 3.11. The van der Waals surface area contributed by atoms with Gasteiger partial charge in [-0.05, 0) is 13.8 Å². The monoisotopic (exact) mass is 221 g/mol. The zero-order valence-corrected chi connectivity index (χ0v) is 8.95. The maximum Gasteiger partial charge on any atom is 0.340 e. The molecule has 14 heavy (non-hydrogen) atoms. The first-order chi connectivity index (χ1) is 6.58. The van der Waals surface area contributed by atoms with Gasteiger partial charge in [0.2, 0.25) is 6.08 Å². The summed E-state index contributed by atoms with van der Waals surface area (Å²) < 4.78 is 21.3. The Morgan fingerprint density at radius 2 is 1.86 bits per heavy atom. The van der Waals surface area contributed by atoms with Crippen LogP contribution in [0.1, 0.15) is 13.8 Å².